The van der Waals surface area contributed by atoms with Crippen LogP contribution in [0.25, 0.3) is 5.82 Å². The SMILES string of the molecule is CN=C(NCc1ccnc(-n2ccnc2)c1)NCc1ccc(OC)c(OC)c1. The van der Waals surface area contributed by atoms with E-state index in [1.807, 2.05) is 41.1 Å². The zero-order chi connectivity index (χ0) is 19.8. The topological polar surface area (TPSA) is 85.6 Å². The van der Waals surface area contributed by atoms with Gasteiger partial charge in [0.15, 0.2) is 17.5 Å². The second-order valence-corrected chi connectivity index (χ2v) is 5.96. The van der Waals surface area contributed by atoms with Crippen LogP contribution in [0.2, 0.25) is 0 Å². The molecule has 0 unspecified atom stereocenters. The number of nitrogens with zero attached hydrogens (tertiary/aromatic N) is 4. The number of rotatable bonds is 7. The summed E-state index contributed by atoms with van der Waals surface area (Å²) in [4.78, 5) is 12.7. The number of hydrogen-bond acceptors (Lipinski definition) is 5. The molecule has 0 saturated carbocycles. The molecule has 0 radical (unpaired) electrons. The lowest BCUT2D eigenvalue weighted by Gasteiger charge is -2.14. The fourth-order valence-electron chi connectivity index (χ4n) is 2.69. The van der Waals surface area contributed by atoms with Crippen LogP contribution in [0.4, 0.5) is 0 Å². The molecular formula is C20H24N6O2. The molecule has 2 N–H and O–H groups in total. The van der Waals surface area contributed by atoms with Crippen LogP contribution >= 0.6 is 0 Å². The lowest BCUT2D eigenvalue weighted by Crippen LogP contribution is -2.36. The summed E-state index contributed by atoms with van der Waals surface area (Å²) in [6.45, 7) is 1.23. The van der Waals surface area contributed by atoms with Crippen molar-refractivity contribution in [3.63, 3.8) is 0 Å². The molecule has 0 bridgehead atoms. The van der Waals surface area contributed by atoms with E-state index in [-0.39, 0.29) is 0 Å². The van der Waals surface area contributed by atoms with Gasteiger partial charge in [-0.15, -0.1) is 0 Å². The van der Waals surface area contributed by atoms with Crippen LogP contribution < -0.4 is 20.1 Å². The first kappa shape index (κ1) is 19.2. The van der Waals surface area contributed by atoms with Crippen molar-refractivity contribution in [2.24, 2.45) is 4.99 Å². The molecule has 2 heterocycles. The van der Waals surface area contributed by atoms with Crippen LogP contribution in [-0.4, -0.2) is 41.8 Å². The van der Waals surface area contributed by atoms with E-state index >= 15 is 0 Å². The highest BCUT2D eigenvalue weighted by molar-refractivity contribution is 5.79. The van der Waals surface area contributed by atoms with Crippen LogP contribution in [0.3, 0.4) is 0 Å². The van der Waals surface area contributed by atoms with Gasteiger partial charge in [0.25, 0.3) is 0 Å². The quantitative estimate of drug-likeness (QED) is 0.483. The maximum absolute atomic E-state index is 5.35. The fraction of sp³-hybridized carbons (Fsp3) is 0.250. The number of ether oxygens (including phenoxy) is 2. The number of aromatic nitrogens is 3. The molecule has 0 aliphatic rings. The Kier molecular flexibility index (Phi) is 6.46. The van der Waals surface area contributed by atoms with E-state index in [0.717, 1.165) is 16.9 Å². The summed E-state index contributed by atoms with van der Waals surface area (Å²) >= 11 is 0. The maximum Gasteiger partial charge on any atom is 0.191 e. The third-order valence-electron chi connectivity index (χ3n) is 4.17. The molecule has 2 aromatic heterocycles. The Morgan fingerprint density at radius 3 is 2.39 bits per heavy atom. The lowest BCUT2D eigenvalue weighted by atomic mass is 10.2. The predicted octanol–water partition coefficient (Wildman–Crippen LogP) is 2.15. The van der Waals surface area contributed by atoms with Crippen LogP contribution in [0.1, 0.15) is 11.1 Å². The summed E-state index contributed by atoms with van der Waals surface area (Å²) in [7, 11) is 4.99. The maximum atomic E-state index is 5.35. The number of nitrogens with one attached hydrogen (secondary N) is 2. The van der Waals surface area contributed by atoms with Crippen molar-refractivity contribution < 1.29 is 9.47 Å². The highest BCUT2D eigenvalue weighted by atomic mass is 16.5. The van der Waals surface area contributed by atoms with Gasteiger partial charge in [-0.05, 0) is 35.4 Å². The molecular weight excluding hydrogens is 356 g/mol. The molecule has 0 amide bonds. The number of pyridine rings is 1. The molecule has 8 nitrogen and oxygen atoms in total. The average molecular weight is 380 g/mol. The fourth-order valence-corrected chi connectivity index (χ4v) is 2.69. The minimum absolute atomic E-state index is 0.608. The van der Waals surface area contributed by atoms with Crippen LogP contribution in [-0.2, 0) is 13.1 Å². The van der Waals surface area contributed by atoms with Gasteiger partial charge in [-0.1, -0.05) is 6.07 Å². The first-order valence-corrected chi connectivity index (χ1v) is 8.82. The van der Waals surface area contributed by atoms with Crippen molar-refractivity contribution >= 4 is 5.96 Å². The molecule has 28 heavy (non-hydrogen) atoms. The Balaban J connectivity index is 1.58. The number of imidazole rings is 1. The highest BCUT2D eigenvalue weighted by Crippen LogP contribution is 2.27. The van der Waals surface area contributed by atoms with E-state index in [2.05, 4.69) is 25.6 Å². The zero-order valence-electron chi connectivity index (χ0n) is 16.2. The number of benzene rings is 1. The van der Waals surface area contributed by atoms with Crippen molar-refractivity contribution in [3.05, 3.63) is 66.4 Å². The normalized spacial score (nSPS) is 11.2. The largest absolute Gasteiger partial charge is 0.493 e. The van der Waals surface area contributed by atoms with Gasteiger partial charge >= 0.3 is 0 Å². The van der Waals surface area contributed by atoms with Crippen LogP contribution in [0.15, 0.2) is 60.2 Å². The van der Waals surface area contributed by atoms with Gasteiger partial charge in [0.1, 0.15) is 12.1 Å². The standard InChI is InChI=1S/C20H24N6O2/c1-21-20(24-12-15-4-5-17(27-2)18(10-15)28-3)25-13-16-6-7-23-19(11-16)26-9-8-22-14-26/h4-11,14H,12-13H2,1-3H3,(H2,21,24,25). The molecule has 146 valence electrons. The van der Waals surface area contributed by atoms with Crippen LogP contribution in [0.5, 0.6) is 11.5 Å². The second-order valence-electron chi connectivity index (χ2n) is 5.96. The Hall–Kier alpha value is -3.55. The first-order valence-electron chi connectivity index (χ1n) is 8.82. The van der Waals surface area contributed by atoms with Crippen molar-refractivity contribution in [2.75, 3.05) is 21.3 Å². The Morgan fingerprint density at radius 2 is 1.75 bits per heavy atom. The van der Waals surface area contributed by atoms with Crippen molar-refractivity contribution in [3.8, 4) is 17.3 Å². The first-order chi connectivity index (χ1) is 13.7. The van der Waals surface area contributed by atoms with E-state index in [1.165, 1.54) is 0 Å². The van der Waals surface area contributed by atoms with Gasteiger partial charge in [0.05, 0.1) is 14.2 Å². The molecule has 0 aliphatic heterocycles. The van der Waals surface area contributed by atoms with Crippen molar-refractivity contribution in [1.29, 1.82) is 0 Å². The number of guanidine groups is 1. The Bertz CT molecular complexity index is 924. The van der Waals surface area contributed by atoms with E-state index in [4.69, 9.17) is 9.47 Å². The summed E-state index contributed by atoms with van der Waals surface area (Å²) in [5.74, 6) is 2.94. The summed E-state index contributed by atoms with van der Waals surface area (Å²) < 4.78 is 12.5. The van der Waals surface area contributed by atoms with Gasteiger partial charge in [0.2, 0.25) is 0 Å². The van der Waals surface area contributed by atoms with Gasteiger partial charge in [0, 0.05) is 38.7 Å². The smallest absolute Gasteiger partial charge is 0.191 e. The number of methoxy groups -OCH3 is 2. The summed E-state index contributed by atoms with van der Waals surface area (Å²) in [5.41, 5.74) is 2.15. The minimum atomic E-state index is 0.608. The number of aliphatic imine (C=N–C) groups is 1. The van der Waals surface area contributed by atoms with Crippen molar-refractivity contribution in [1.82, 2.24) is 25.2 Å². The third-order valence-corrected chi connectivity index (χ3v) is 4.17. The molecule has 0 saturated heterocycles. The Morgan fingerprint density at radius 1 is 1.00 bits per heavy atom. The third kappa shape index (κ3) is 4.79. The molecule has 0 atom stereocenters. The molecule has 0 aliphatic carbocycles. The van der Waals surface area contributed by atoms with Crippen LogP contribution in [0, 0.1) is 0 Å². The van der Waals surface area contributed by atoms with Gasteiger partial charge < -0.3 is 20.1 Å². The predicted molar refractivity (Wildman–Crippen MR) is 108 cm³/mol. The lowest BCUT2D eigenvalue weighted by molar-refractivity contribution is 0.354. The van der Waals surface area contributed by atoms with Crippen molar-refractivity contribution in [2.45, 2.75) is 13.1 Å². The second kappa shape index (κ2) is 9.40. The average Bonchev–Trinajstić information content (AvgIpc) is 3.29. The summed E-state index contributed by atoms with van der Waals surface area (Å²) in [5, 5.41) is 6.61. The molecule has 1 aromatic carbocycles. The van der Waals surface area contributed by atoms with E-state index < -0.39 is 0 Å². The van der Waals surface area contributed by atoms with Gasteiger partial charge in [-0.2, -0.15) is 0 Å². The van der Waals surface area contributed by atoms with Gasteiger partial charge in [-0.25, -0.2) is 9.97 Å². The summed E-state index contributed by atoms with van der Waals surface area (Å²) in [6, 6.07) is 9.80. The molecule has 0 spiro atoms. The molecule has 3 rings (SSSR count). The monoisotopic (exact) mass is 380 g/mol. The Labute approximate surface area is 164 Å². The van der Waals surface area contributed by atoms with E-state index in [0.29, 0.717) is 30.5 Å². The highest BCUT2D eigenvalue weighted by Gasteiger charge is 2.06. The summed E-state index contributed by atoms with van der Waals surface area (Å²) in [6.07, 6.45) is 7.10. The molecule has 8 heteroatoms. The molecule has 3 aromatic rings. The zero-order valence-corrected chi connectivity index (χ0v) is 16.2. The molecule has 0 fully saturated rings. The number of hydrogen-bond donors (Lipinski definition) is 2. The van der Waals surface area contributed by atoms with E-state index in [9.17, 15) is 0 Å². The minimum Gasteiger partial charge on any atom is -0.493 e. The van der Waals surface area contributed by atoms with E-state index in [1.54, 1.807) is 40.0 Å². The van der Waals surface area contributed by atoms with Gasteiger partial charge in [-0.3, -0.25) is 9.56 Å².